The molecule has 0 bridgehead atoms. The number of hydrogen-bond acceptors (Lipinski definition) is 3. The van der Waals surface area contributed by atoms with Crippen LogP contribution in [-0.2, 0) is 17.8 Å². The summed E-state index contributed by atoms with van der Waals surface area (Å²) in [7, 11) is 0. The number of fused-ring (bicyclic) bond motifs is 1. The van der Waals surface area contributed by atoms with Crippen molar-refractivity contribution in [2.45, 2.75) is 44.2 Å². The molecule has 0 radical (unpaired) electrons. The zero-order valence-corrected chi connectivity index (χ0v) is 19.8. The normalized spacial score (nSPS) is 13.9. The first-order valence-electron chi connectivity index (χ1n) is 11.2. The van der Waals surface area contributed by atoms with Crippen molar-refractivity contribution in [3.8, 4) is 0 Å². The molecule has 0 aliphatic carbocycles. The van der Waals surface area contributed by atoms with Crippen LogP contribution >= 0.6 is 11.8 Å². The Kier molecular flexibility index (Phi) is 7.35. The molecule has 0 saturated heterocycles. The maximum absolute atomic E-state index is 12.7. The number of aryl methyl sites for hydroxylation is 2. The largest absolute Gasteiger partial charge is 0.335 e. The Morgan fingerprint density at radius 1 is 1.03 bits per heavy atom. The summed E-state index contributed by atoms with van der Waals surface area (Å²) in [4.78, 5) is 28.1. The van der Waals surface area contributed by atoms with Crippen molar-refractivity contribution in [3.63, 3.8) is 0 Å². The first-order chi connectivity index (χ1) is 16.0. The van der Waals surface area contributed by atoms with Gasteiger partial charge in [0, 0.05) is 16.6 Å². The molecule has 1 aliphatic rings. The SMILES string of the molecule is Cc1ccc(CN2C(=O)CSc3ccc(NC(=O)N[C@H](C)CCc4ccccc4)cc32)cc1. The van der Waals surface area contributed by atoms with Crippen molar-refractivity contribution >= 4 is 35.1 Å². The highest BCUT2D eigenvalue weighted by Crippen LogP contribution is 2.38. The van der Waals surface area contributed by atoms with E-state index in [1.165, 1.54) is 22.9 Å². The lowest BCUT2D eigenvalue weighted by molar-refractivity contribution is -0.116. The third-order valence-corrected chi connectivity index (χ3v) is 6.75. The molecular formula is C27H29N3O2S. The molecule has 4 rings (SSSR count). The summed E-state index contributed by atoms with van der Waals surface area (Å²) >= 11 is 1.54. The number of carbonyl (C=O) groups excluding carboxylic acids is 2. The fourth-order valence-electron chi connectivity index (χ4n) is 3.82. The van der Waals surface area contributed by atoms with E-state index in [-0.39, 0.29) is 18.0 Å². The van der Waals surface area contributed by atoms with Crippen molar-refractivity contribution in [1.82, 2.24) is 5.32 Å². The molecule has 2 N–H and O–H groups in total. The summed E-state index contributed by atoms with van der Waals surface area (Å²) in [5.41, 5.74) is 5.04. The van der Waals surface area contributed by atoms with Gasteiger partial charge in [0.15, 0.2) is 0 Å². The van der Waals surface area contributed by atoms with Gasteiger partial charge in [-0.05, 0) is 56.0 Å². The van der Waals surface area contributed by atoms with Gasteiger partial charge in [-0.25, -0.2) is 4.79 Å². The predicted octanol–water partition coefficient (Wildman–Crippen LogP) is 5.78. The Hall–Kier alpha value is -3.25. The van der Waals surface area contributed by atoms with Crippen molar-refractivity contribution in [3.05, 3.63) is 89.5 Å². The number of amides is 3. The molecule has 0 fully saturated rings. The van der Waals surface area contributed by atoms with Crippen LogP contribution in [0.15, 0.2) is 77.7 Å². The van der Waals surface area contributed by atoms with E-state index >= 15 is 0 Å². The van der Waals surface area contributed by atoms with Crippen LogP contribution in [0.4, 0.5) is 16.2 Å². The molecule has 3 aromatic rings. The van der Waals surface area contributed by atoms with E-state index < -0.39 is 0 Å². The van der Waals surface area contributed by atoms with Gasteiger partial charge in [-0.3, -0.25) is 4.79 Å². The molecule has 3 amide bonds. The highest BCUT2D eigenvalue weighted by Gasteiger charge is 2.25. The standard InChI is InChI=1S/C27H29N3O2S/c1-19-8-11-22(12-9-19)17-30-24-16-23(14-15-25(24)33-18-26(30)31)29-27(32)28-20(2)10-13-21-6-4-3-5-7-21/h3-9,11-12,14-16,20H,10,13,17-18H2,1-2H3,(H2,28,29,32)/t20-/m1/s1. The van der Waals surface area contributed by atoms with Crippen molar-refractivity contribution < 1.29 is 9.59 Å². The van der Waals surface area contributed by atoms with Gasteiger partial charge in [0.25, 0.3) is 0 Å². The zero-order chi connectivity index (χ0) is 23.2. The number of anilines is 2. The molecule has 0 saturated carbocycles. The van der Waals surface area contributed by atoms with Gasteiger partial charge < -0.3 is 15.5 Å². The monoisotopic (exact) mass is 459 g/mol. The Morgan fingerprint density at radius 3 is 2.55 bits per heavy atom. The maximum Gasteiger partial charge on any atom is 0.319 e. The minimum Gasteiger partial charge on any atom is -0.335 e. The summed E-state index contributed by atoms with van der Waals surface area (Å²) in [6, 6.07) is 24.0. The third kappa shape index (κ3) is 6.17. The summed E-state index contributed by atoms with van der Waals surface area (Å²) in [5, 5.41) is 5.94. The summed E-state index contributed by atoms with van der Waals surface area (Å²) in [5.74, 6) is 0.495. The fraction of sp³-hybridized carbons (Fsp3) is 0.259. The number of hydrogen-bond donors (Lipinski definition) is 2. The Balaban J connectivity index is 1.39. The number of nitrogens with zero attached hydrogens (tertiary/aromatic N) is 1. The molecular weight excluding hydrogens is 430 g/mol. The van der Waals surface area contributed by atoms with E-state index in [4.69, 9.17) is 0 Å². The third-order valence-electron chi connectivity index (χ3n) is 5.71. The van der Waals surface area contributed by atoms with Crippen LogP contribution in [0, 0.1) is 6.92 Å². The van der Waals surface area contributed by atoms with Crippen LogP contribution in [0.1, 0.15) is 30.0 Å². The first-order valence-corrected chi connectivity index (χ1v) is 12.2. The Morgan fingerprint density at radius 2 is 1.79 bits per heavy atom. The number of urea groups is 1. The molecule has 0 aromatic heterocycles. The molecule has 0 unspecified atom stereocenters. The van der Waals surface area contributed by atoms with Gasteiger partial charge in [-0.15, -0.1) is 11.8 Å². The lowest BCUT2D eigenvalue weighted by atomic mass is 10.1. The van der Waals surface area contributed by atoms with Crippen LogP contribution in [0.5, 0.6) is 0 Å². The van der Waals surface area contributed by atoms with E-state index in [0.717, 1.165) is 29.0 Å². The van der Waals surface area contributed by atoms with Gasteiger partial charge in [0.05, 0.1) is 18.0 Å². The average Bonchev–Trinajstić information content (AvgIpc) is 2.81. The maximum atomic E-state index is 12.7. The second kappa shape index (κ2) is 10.6. The van der Waals surface area contributed by atoms with Gasteiger partial charge in [0.2, 0.25) is 5.91 Å². The van der Waals surface area contributed by atoms with E-state index in [1.54, 1.807) is 0 Å². The lowest BCUT2D eigenvalue weighted by Gasteiger charge is -2.29. The van der Waals surface area contributed by atoms with Crippen LogP contribution < -0.4 is 15.5 Å². The molecule has 0 spiro atoms. The number of rotatable bonds is 7. The first kappa shape index (κ1) is 22.9. The highest BCUT2D eigenvalue weighted by atomic mass is 32.2. The van der Waals surface area contributed by atoms with Crippen LogP contribution in [0.2, 0.25) is 0 Å². The van der Waals surface area contributed by atoms with E-state index in [2.05, 4.69) is 47.0 Å². The Bertz CT molecular complexity index is 1120. The molecule has 5 nitrogen and oxygen atoms in total. The smallest absolute Gasteiger partial charge is 0.319 e. The molecule has 1 aliphatic heterocycles. The molecule has 1 heterocycles. The number of nitrogens with one attached hydrogen (secondary N) is 2. The topological polar surface area (TPSA) is 61.4 Å². The average molecular weight is 460 g/mol. The van der Waals surface area contributed by atoms with Gasteiger partial charge in [0.1, 0.15) is 0 Å². The highest BCUT2D eigenvalue weighted by molar-refractivity contribution is 8.00. The number of benzene rings is 3. The fourth-order valence-corrected chi connectivity index (χ4v) is 4.74. The van der Waals surface area contributed by atoms with Crippen LogP contribution in [0.3, 0.4) is 0 Å². The van der Waals surface area contributed by atoms with E-state index in [0.29, 0.717) is 18.0 Å². The minimum atomic E-state index is -0.240. The van der Waals surface area contributed by atoms with Crippen LogP contribution in [-0.4, -0.2) is 23.7 Å². The molecule has 6 heteroatoms. The predicted molar refractivity (Wildman–Crippen MR) is 136 cm³/mol. The second-order valence-electron chi connectivity index (χ2n) is 8.46. The van der Waals surface area contributed by atoms with E-state index in [1.807, 2.05) is 55.1 Å². The lowest BCUT2D eigenvalue weighted by Crippen LogP contribution is -2.37. The van der Waals surface area contributed by atoms with Crippen LogP contribution in [0.25, 0.3) is 0 Å². The van der Waals surface area contributed by atoms with Crippen molar-refractivity contribution in [2.24, 2.45) is 0 Å². The van der Waals surface area contributed by atoms with E-state index in [9.17, 15) is 9.59 Å². The molecule has 1 atom stereocenters. The summed E-state index contributed by atoms with van der Waals surface area (Å²) < 4.78 is 0. The Labute approximate surface area is 199 Å². The van der Waals surface area contributed by atoms with Gasteiger partial charge in [-0.2, -0.15) is 0 Å². The number of carbonyl (C=O) groups is 2. The summed E-state index contributed by atoms with van der Waals surface area (Å²) in [6.07, 6.45) is 1.77. The van der Waals surface area contributed by atoms with Gasteiger partial charge >= 0.3 is 6.03 Å². The summed E-state index contributed by atoms with van der Waals surface area (Å²) in [6.45, 7) is 4.57. The van der Waals surface area contributed by atoms with Gasteiger partial charge in [-0.1, -0.05) is 60.2 Å². The molecule has 3 aromatic carbocycles. The van der Waals surface area contributed by atoms with Crippen molar-refractivity contribution in [1.29, 1.82) is 0 Å². The zero-order valence-electron chi connectivity index (χ0n) is 19.0. The molecule has 33 heavy (non-hydrogen) atoms. The number of thioether (sulfide) groups is 1. The van der Waals surface area contributed by atoms with Crippen molar-refractivity contribution in [2.75, 3.05) is 16.0 Å². The second-order valence-corrected chi connectivity index (χ2v) is 9.48. The quantitative estimate of drug-likeness (QED) is 0.471. The minimum absolute atomic E-state index is 0.0398. The molecule has 170 valence electrons.